The number of ether oxygens (including phenoxy) is 1. The molecule has 0 aliphatic heterocycles. The Morgan fingerprint density at radius 3 is 2.36 bits per heavy atom. The predicted octanol–water partition coefficient (Wildman–Crippen LogP) is 4.30. The molecule has 1 amide bonds. The molecule has 0 aromatic heterocycles. The molecule has 0 bridgehead atoms. The van der Waals surface area contributed by atoms with Gasteiger partial charge in [0.15, 0.2) is 0 Å². The maximum atomic E-state index is 12.6. The zero-order valence-electron chi connectivity index (χ0n) is 15.4. The van der Waals surface area contributed by atoms with Crippen LogP contribution in [0.1, 0.15) is 18.5 Å². The third-order valence-corrected chi connectivity index (χ3v) is 6.08. The first-order chi connectivity index (χ1) is 13.0. The summed E-state index contributed by atoms with van der Waals surface area (Å²) in [5, 5.41) is 3.12. The summed E-state index contributed by atoms with van der Waals surface area (Å²) in [6.07, 6.45) is 0.975. The molecule has 0 saturated heterocycles. The fraction of sp³-hybridized carbons (Fsp3) is 0.278. The molecule has 10 heteroatoms. The molecule has 0 fully saturated rings. The fourth-order valence-corrected chi connectivity index (χ4v) is 4.16. The van der Waals surface area contributed by atoms with Crippen molar-refractivity contribution in [2.24, 2.45) is 0 Å². The van der Waals surface area contributed by atoms with Gasteiger partial charge in [0.1, 0.15) is 12.3 Å². The van der Waals surface area contributed by atoms with Gasteiger partial charge in [-0.1, -0.05) is 53.0 Å². The first-order valence-corrected chi connectivity index (χ1v) is 11.1. The lowest BCUT2D eigenvalue weighted by molar-refractivity contribution is -0.120. The number of anilines is 1. The molecule has 0 aliphatic rings. The Balaban J connectivity index is 2.26. The van der Waals surface area contributed by atoms with Crippen molar-refractivity contribution < 1.29 is 17.9 Å². The minimum atomic E-state index is -3.82. The zero-order chi connectivity index (χ0) is 21.1. The number of nitrogens with one attached hydrogen (secondary N) is 1. The topological polar surface area (TPSA) is 75.7 Å². The van der Waals surface area contributed by atoms with E-state index in [1.807, 2.05) is 18.2 Å². The predicted molar refractivity (Wildman–Crippen MR) is 113 cm³/mol. The van der Waals surface area contributed by atoms with E-state index >= 15 is 0 Å². The molecule has 2 aromatic rings. The number of hydrogen-bond donors (Lipinski definition) is 1. The summed E-state index contributed by atoms with van der Waals surface area (Å²) < 4.78 is 30.7. The highest BCUT2D eigenvalue weighted by molar-refractivity contribution is 7.92. The normalized spacial score (nSPS) is 12.4. The summed E-state index contributed by atoms with van der Waals surface area (Å²) in [5.74, 6) is 0.0915. The minimum Gasteiger partial charge on any atom is -0.496 e. The van der Waals surface area contributed by atoms with Crippen LogP contribution in [0.5, 0.6) is 5.75 Å². The number of benzene rings is 2. The first-order valence-electron chi connectivity index (χ1n) is 8.09. The van der Waals surface area contributed by atoms with Crippen LogP contribution < -0.4 is 14.4 Å². The van der Waals surface area contributed by atoms with Gasteiger partial charge in [-0.05, 0) is 25.1 Å². The van der Waals surface area contributed by atoms with Gasteiger partial charge in [0.25, 0.3) is 0 Å². The van der Waals surface area contributed by atoms with Crippen molar-refractivity contribution >= 4 is 56.4 Å². The van der Waals surface area contributed by atoms with Gasteiger partial charge in [-0.25, -0.2) is 8.42 Å². The average Bonchev–Trinajstić information content (AvgIpc) is 2.62. The van der Waals surface area contributed by atoms with Crippen molar-refractivity contribution in [1.29, 1.82) is 0 Å². The summed E-state index contributed by atoms with van der Waals surface area (Å²) >= 11 is 18.0. The van der Waals surface area contributed by atoms with Gasteiger partial charge in [0, 0.05) is 5.56 Å². The van der Waals surface area contributed by atoms with E-state index in [-0.39, 0.29) is 20.8 Å². The van der Waals surface area contributed by atoms with Crippen LogP contribution in [0.2, 0.25) is 15.1 Å². The second-order valence-corrected chi connectivity index (χ2v) is 9.15. The number of rotatable bonds is 7. The van der Waals surface area contributed by atoms with Gasteiger partial charge in [-0.15, -0.1) is 0 Å². The lowest BCUT2D eigenvalue weighted by Gasteiger charge is -2.25. The lowest BCUT2D eigenvalue weighted by atomic mass is 10.1. The Kier molecular flexibility index (Phi) is 7.45. The molecule has 6 nitrogen and oxygen atoms in total. The number of sulfonamides is 1. The van der Waals surface area contributed by atoms with Crippen molar-refractivity contribution in [3.05, 3.63) is 57.0 Å². The molecule has 28 heavy (non-hydrogen) atoms. The second kappa shape index (κ2) is 9.22. The Hall–Kier alpha value is -1.67. The van der Waals surface area contributed by atoms with E-state index < -0.39 is 28.5 Å². The monoisotopic (exact) mass is 464 g/mol. The first kappa shape index (κ1) is 22.6. The van der Waals surface area contributed by atoms with Crippen LogP contribution in [0.15, 0.2) is 36.4 Å². The molecular weight excluding hydrogens is 447 g/mol. The SMILES string of the molecule is COc1ccccc1[C@H](C)NC(=O)CN(c1cc(Cl)c(Cl)cc1Cl)S(C)(=O)=O. The van der Waals surface area contributed by atoms with Crippen molar-refractivity contribution in [3.8, 4) is 5.75 Å². The van der Waals surface area contributed by atoms with Crippen molar-refractivity contribution in [1.82, 2.24) is 5.32 Å². The molecule has 1 atom stereocenters. The van der Waals surface area contributed by atoms with Gasteiger partial charge < -0.3 is 10.1 Å². The summed E-state index contributed by atoms with van der Waals surface area (Å²) in [6, 6.07) is 9.45. The van der Waals surface area contributed by atoms with E-state index in [0.717, 1.165) is 16.1 Å². The van der Waals surface area contributed by atoms with E-state index in [9.17, 15) is 13.2 Å². The minimum absolute atomic E-state index is 0.0606. The summed E-state index contributed by atoms with van der Waals surface area (Å²) in [5.41, 5.74) is 0.829. The van der Waals surface area contributed by atoms with Crippen molar-refractivity contribution in [2.45, 2.75) is 13.0 Å². The second-order valence-electron chi connectivity index (χ2n) is 6.02. The van der Waals surface area contributed by atoms with Crippen LogP contribution in [0.4, 0.5) is 5.69 Å². The highest BCUT2D eigenvalue weighted by atomic mass is 35.5. The summed E-state index contributed by atoms with van der Waals surface area (Å²) in [7, 11) is -2.28. The number of halogens is 3. The van der Waals surface area contributed by atoms with Crippen molar-refractivity contribution in [3.63, 3.8) is 0 Å². The van der Waals surface area contributed by atoms with Crippen LogP contribution in [0.3, 0.4) is 0 Å². The molecule has 0 spiro atoms. The number of amides is 1. The number of carbonyl (C=O) groups excluding carboxylic acids is 1. The fourth-order valence-electron chi connectivity index (χ4n) is 2.60. The van der Waals surface area contributed by atoms with E-state index in [1.165, 1.54) is 19.2 Å². The summed E-state index contributed by atoms with van der Waals surface area (Å²) in [4.78, 5) is 12.6. The van der Waals surface area contributed by atoms with E-state index in [2.05, 4.69) is 5.32 Å². The molecule has 0 aliphatic carbocycles. The molecule has 0 radical (unpaired) electrons. The van der Waals surface area contributed by atoms with Crippen LogP contribution >= 0.6 is 34.8 Å². The Bertz CT molecular complexity index is 983. The van der Waals surface area contributed by atoms with Crippen molar-refractivity contribution in [2.75, 3.05) is 24.2 Å². The largest absolute Gasteiger partial charge is 0.496 e. The van der Waals surface area contributed by atoms with Crippen LogP contribution in [0.25, 0.3) is 0 Å². The molecule has 0 unspecified atom stereocenters. The van der Waals surface area contributed by atoms with E-state index in [0.29, 0.717) is 5.75 Å². The molecule has 2 aromatic carbocycles. The smallest absolute Gasteiger partial charge is 0.241 e. The Morgan fingerprint density at radius 1 is 1.14 bits per heavy atom. The van der Waals surface area contributed by atoms with E-state index in [1.54, 1.807) is 13.0 Å². The molecule has 1 N–H and O–H groups in total. The molecule has 0 heterocycles. The third-order valence-electron chi connectivity index (χ3n) is 3.93. The van der Waals surface area contributed by atoms with Gasteiger partial charge in [0.2, 0.25) is 15.9 Å². The number of hydrogen-bond acceptors (Lipinski definition) is 4. The number of para-hydroxylation sites is 1. The number of methoxy groups -OCH3 is 1. The number of nitrogens with zero attached hydrogens (tertiary/aromatic N) is 1. The maximum absolute atomic E-state index is 12.6. The van der Waals surface area contributed by atoms with Gasteiger partial charge in [-0.2, -0.15) is 0 Å². The van der Waals surface area contributed by atoms with Gasteiger partial charge in [0.05, 0.1) is 40.2 Å². The van der Waals surface area contributed by atoms with Gasteiger partial charge >= 0.3 is 0 Å². The maximum Gasteiger partial charge on any atom is 0.241 e. The third kappa shape index (κ3) is 5.44. The molecule has 2 rings (SSSR count). The van der Waals surface area contributed by atoms with Gasteiger partial charge in [-0.3, -0.25) is 9.10 Å². The highest BCUT2D eigenvalue weighted by Gasteiger charge is 2.25. The van der Waals surface area contributed by atoms with E-state index in [4.69, 9.17) is 39.5 Å². The summed E-state index contributed by atoms with van der Waals surface area (Å²) in [6.45, 7) is 1.29. The highest BCUT2D eigenvalue weighted by Crippen LogP contribution is 2.35. The quantitative estimate of drug-likeness (QED) is 0.619. The Labute approximate surface area is 179 Å². The lowest BCUT2D eigenvalue weighted by Crippen LogP contribution is -2.41. The van der Waals surface area contributed by atoms with Crippen LogP contribution in [-0.4, -0.2) is 34.2 Å². The molecular formula is C18H19Cl3N2O4S. The standard InChI is InChI=1S/C18H19Cl3N2O4S/c1-11(12-6-4-5-7-17(12)27-2)22-18(24)10-23(28(3,25)26)16-9-14(20)13(19)8-15(16)21/h4-9,11H,10H2,1-3H3,(H,22,24)/t11-/m0/s1. The zero-order valence-corrected chi connectivity index (χ0v) is 18.5. The molecule has 0 saturated carbocycles. The number of carbonyl (C=O) groups is 1. The Morgan fingerprint density at radius 2 is 1.75 bits per heavy atom. The molecule has 152 valence electrons. The average molecular weight is 466 g/mol. The van der Waals surface area contributed by atoms with Crippen LogP contribution in [-0.2, 0) is 14.8 Å². The van der Waals surface area contributed by atoms with Crippen LogP contribution in [0, 0.1) is 0 Å².